The Hall–Kier alpha value is -1.15. The van der Waals surface area contributed by atoms with Gasteiger partial charge in [0.2, 0.25) is 0 Å². The highest BCUT2D eigenvalue weighted by molar-refractivity contribution is 14.0. The third-order valence-electron chi connectivity index (χ3n) is 4.85. The molecule has 1 aliphatic carbocycles. The first-order valence-corrected chi connectivity index (χ1v) is 10.1. The number of nitrogens with one attached hydrogen (secondary N) is 2. The van der Waals surface area contributed by atoms with Gasteiger partial charge in [-0.15, -0.1) is 24.0 Å². The Morgan fingerprint density at radius 2 is 1.96 bits per heavy atom. The lowest BCUT2D eigenvalue weighted by atomic mass is 10.1. The molecule has 6 heteroatoms. The number of benzene rings is 2. The van der Waals surface area contributed by atoms with E-state index >= 15 is 0 Å². The highest BCUT2D eigenvalue weighted by Crippen LogP contribution is 2.28. The van der Waals surface area contributed by atoms with Crippen LogP contribution in [0.1, 0.15) is 24.8 Å². The molecule has 2 aromatic carbocycles. The second kappa shape index (κ2) is 10.3. The molecule has 142 valence electrons. The van der Waals surface area contributed by atoms with E-state index in [2.05, 4.69) is 52.2 Å². The number of thioether (sulfide) groups is 1. The summed E-state index contributed by atoms with van der Waals surface area (Å²) in [4.78, 5) is 4.37. The van der Waals surface area contributed by atoms with E-state index in [1.807, 2.05) is 24.9 Å². The molecule has 0 heterocycles. The number of ether oxygens (including phenoxy) is 1. The van der Waals surface area contributed by atoms with Gasteiger partial charge in [0.25, 0.3) is 0 Å². The van der Waals surface area contributed by atoms with Gasteiger partial charge in [-0.3, -0.25) is 4.99 Å². The molecule has 3 rings (SSSR count). The molecule has 0 aliphatic heterocycles. The van der Waals surface area contributed by atoms with Gasteiger partial charge >= 0.3 is 0 Å². The standard InChI is InChI=1S/C20H27N3OS.HI/c1-21-20(23-17-7-9-19(12-17)25-3)22-13-14-4-5-16-11-18(24-2)8-6-15(16)10-14;/h4-6,8,10-11,17,19H,7,9,12-13H2,1-3H3,(H2,21,22,23);1H. The van der Waals surface area contributed by atoms with Crippen LogP contribution >= 0.6 is 35.7 Å². The minimum Gasteiger partial charge on any atom is -0.497 e. The van der Waals surface area contributed by atoms with Gasteiger partial charge in [0.1, 0.15) is 5.75 Å². The Morgan fingerprint density at radius 3 is 2.65 bits per heavy atom. The SMILES string of the molecule is CN=C(NCc1ccc2cc(OC)ccc2c1)NC1CCC(SC)C1.I. The molecule has 1 fully saturated rings. The molecule has 2 N–H and O–H groups in total. The summed E-state index contributed by atoms with van der Waals surface area (Å²) in [5, 5.41) is 10.2. The van der Waals surface area contributed by atoms with E-state index < -0.39 is 0 Å². The summed E-state index contributed by atoms with van der Waals surface area (Å²) in [6, 6.07) is 13.2. The molecule has 0 amide bonds. The molecule has 2 atom stereocenters. The molecule has 1 aliphatic rings. The second-order valence-electron chi connectivity index (χ2n) is 6.49. The van der Waals surface area contributed by atoms with Crippen molar-refractivity contribution in [1.82, 2.24) is 10.6 Å². The van der Waals surface area contributed by atoms with Crippen LogP contribution in [0.4, 0.5) is 0 Å². The Bertz CT molecular complexity index is 753. The van der Waals surface area contributed by atoms with Crippen LogP contribution in [0.15, 0.2) is 41.4 Å². The Kier molecular flexibility index (Phi) is 8.34. The first-order chi connectivity index (χ1) is 12.2. The van der Waals surface area contributed by atoms with Crippen molar-refractivity contribution >= 4 is 52.5 Å². The van der Waals surface area contributed by atoms with Crippen molar-refractivity contribution in [3.8, 4) is 5.75 Å². The van der Waals surface area contributed by atoms with Crippen molar-refractivity contribution in [2.24, 2.45) is 4.99 Å². The monoisotopic (exact) mass is 485 g/mol. The smallest absolute Gasteiger partial charge is 0.191 e. The predicted octanol–water partition coefficient (Wildman–Crippen LogP) is 4.42. The number of methoxy groups -OCH3 is 1. The first kappa shape index (κ1) is 21.2. The van der Waals surface area contributed by atoms with Crippen LogP contribution in [0.25, 0.3) is 10.8 Å². The minimum atomic E-state index is 0. The average Bonchev–Trinajstić information content (AvgIpc) is 3.12. The van der Waals surface area contributed by atoms with Crippen molar-refractivity contribution in [3.05, 3.63) is 42.0 Å². The van der Waals surface area contributed by atoms with Crippen LogP contribution in [0.2, 0.25) is 0 Å². The summed E-state index contributed by atoms with van der Waals surface area (Å²) < 4.78 is 5.29. The maximum Gasteiger partial charge on any atom is 0.191 e. The van der Waals surface area contributed by atoms with Gasteiger partial charge in [0, 0.05) is 24.9 Å². The Labute approximate surface area is 177 Å². The molecule has 2 aromatic rings. The van der Waals surface area contributed by atoms with Gasteiger partial charge in [-0.25, -0.2) is 0 Å². The van der Waals surface area contributed by atoms with Crippen LogP contribution in [0, 0.1) is 0 Å². The van der Waals surface area contributed by atoms with E-state index in [9.17, 15) is 0 Å². The van der Waals surface area contributed by atoms with Crippen molar-refractivity contribution in [2.75, 3.05) is 20.4 Å². The van der Waals surface area contributed by atoms with Gasteiger partial charge in [-0.05, 0) is 60.1 Å². The number of hydrogen-bond acceptors (Lipinski definition) is 3. The molecular formula is C20H28IN3OS. The number of nitrogens with zero attached hydrogens (tertiary/aromatic N) is 1. The maximum absolute atomic E-state index is 5.29. The molecule has 0 spiro atoms. The third kappa shape index (κ3) is 5.42. The Morgan fingerprint density at radius 1 is 1.19 bits per heavy atom. The van der Waals surface area contributed by atoms with Gasteiger partial charge < -0.3 is 15.4 Å². The van der Waals surface area contributed by atoms with Crippen molar-refractivity contribution in [3.63, 3.8) is 0 Å². The lowest BCUT2D eigenvalue weighted by molar-refractivity contribution is 0.415. The number of hydrogen-bond donors (Lipinski definition) is 2. The van der Waals surface area contributed by atoms with Crippen LogP contribution < -0.4 is 15.4 Å². The number of guanidine groups is 1. The van der Waals surface area contributed by atoms with Crippen LogP contribution in [-0.4, -0.2) is 37.7 Å². The van der Waals surface area contributed by atoms with E-state index in [4.69, 9.17) is 4.74 Å². The van der Waals surface area contributed by atoms with Crippen LogP contribution in [-0.2, 0) is 6.54 Å². The van der Waals surface area contributed by atoms with Gasteiger partial charge in [0.15, 0.2) is 5.96 Å². The van der Waals surface area contributed by atoms with E-state index in [1.54, 1.807) is 7.11 Å². The third-order valence-corrected chi connectivity index (χ3v) is 5.95. The molecule has 0 bridgehead atoms. The van der Waals surface area contributed by atoms with Crippen molar-refractivity contribution in [1.29, 1.82) is 0 Å². The topological polar surface area (TPSA) is 45.7 Å². The zero-order valence-electron chi connectivity index (χ0n) is 15.6. The maximum atomic E-state index is 5.29. The zero-order valence-corrected chi connectivity index (χ0v) is 18.8. The first-order valence-electron chi connectivity index (χ1n) is 8.78. The summed E-state index contributed by atoms with van der Waals surface area (Å²) in [6.45, 7) is 0.764. The number of aliphatic imine (C=N–C) groups is 1. The fourth-order valence-corrected chi connectivity index (χ4v) is 4.17. The summed E-state index contributed by atoms with van der Waals surface area (Å²) in [7, 11) is 3.53. The van der Waals surface area contributed by atoms with Crippen LogP contribution in [0.3, 0.4) is 0 Å². The fourth-order valence-electron chi connectivity index (χ4n) is 3.37. The number of fused-ring (bicyclic) bond motifs is 1. The summed E-state index contributed by atoms with van der Waals surface area (Å²) in [5.41, 5.74) is 1.24. The predicted molar refractivity (Wildman–Crippen MR) is 124 cm³/mol. The van der Waals surface area contributed by atoms with E-state index in [0.29, 0.717) is 6.04 Å². The van der Waals surface area contributed by atoms with E-state index in [1.165, 1.54) is 35.6 Å². The van der Waals surface area contributed by atoms with Gasteiger partial charge in [-0.1, -0.05) is 18.2 Å². The lowest BCUT2D eigenvalue weighted by Gasteiger charge is -2.17. The largest absolute Gasteiger partial charge is 0.497 e. The van der Waals surface area contributed by atoms with Crippen molar-refractivity contribution < 1.29 is 4.74 Å². The lowest BCUT2D eigenvalue weighted by Crippen LogP contribution is -2.42. The highest BCUT2D eigenvalue weighted by atomic mass is 127. The molecule has 0 saturated heterocycles. The second-order valence-corrected chi connectivity index (χ2v) is 7.62. The molecular weight excluding hydrogens is 457 g/mol. The zero-order chi connectivity index (χ0) is 17.6. The fraction of sp³-hybridized carbons (Fsp3) is 0.450. The van der Waals surface area contributed by atoms with Crippen molar-refractivity contribution in [2.45, 2.75) is 37.1 Å². The minimum absolute atomic E-state index is 0. The molecule has 0 radical (unpaired) electrons. The highest BCUT2D eigenvalue weighted by Gasteiger charge is 2.24. The van der Waals surface area contributed by atoms with Gasteiger partial charge in [0.05, 0.1) is 7.11 Å². The number of rotatable bonds is 5. The Balaban J connectivity index is 0.00000243. The quantitative estimate of drug-likeness (QED) is 0.374. The molecule has 2 unspecified atom stereocenters. The number of halogens is 1. The van der Waals surface area contributed by atoms with E-state index in [0.717, 1.165) is 23.5 Å². The summed E-state index contributed by atoms with van der Waals surface area (Å²) in [6.07, 6.45) is 5.95. The average molecular weight is 485 g/mol. The summed E-state index contributed by atoms with van der Waals surface area (Å²) >= 11 is 1.98. The summed E-state index contributed by atoms with van der Waals surface area (Å²) in [5.74, 6) is 1.78. The molecule has 1 saturated carbocycles. The molecule has 26 heavy (non-hydrogen) atoms. The molecule has 0 aromatic heterocycles. The van der Waals surface area contributed by atoms with Gasteiger partial charge in [-0.2, -0.15) is 11.8 Å². The van der Waals surface area contributed by atoms with E-state index in [-0.39, 0.29) is 24.0 Å². The van der Waals surface area contributed by atoms with Crippen LogP contribution in [0.5, 0.6) is 5.75 Å². The molecule has 4 nitrogen and oxygen atoms in total. The normalized spacial score (nSPS) is 19.9.